The molecule has 0 aliphatic carbocycles. The van der Waals surface area contributed by atoms with E-state index in [9.17, 15) is 15.0 Å². The number of carboxylic acid groups (broad SMARTS) is 1. The van der Waals surface area contributed by atoms with Gasteiger partial charge >= 0.3 is 5.97 Å². The van der Waals surface area contributed by atoms with Crippen LogP contribution in [0.15, 0.2) is 18.2 Å². The summed E-state index contributed by atoms with van der Waals surface area (Å²) in [6.07, 6.45) is 0. The minimum atomic E-state index is -0.833. The number of carboxylic acids is 1. The third kappa shape index (κ3) is 3.86. The van der Waals surface area contributed by atoms with Crippen LogP contribution in [-0.2, 0) is 4.79 Å². The number of aliphatic carboxylic acids is 1. The van der Waals surface area contributed by atoms with Crippen LogP contribution in [0.25, 0.3) is 0 Å². The Morgan fingerprint density at radius 1 is 1.32 bits per heavy atom. The second-order valence-corrected chi connectivity index (χ2v) is 4.75. The first kappa shape index (κ1) is 15.3. The fourth-order valence-corrected chi connectivity index (χ4v) is 2.07. The van der Waals surface area contributed by atoms with Crippen LogP contribution >= 0.6 is 0 Å². The molecule has 5 heteroatoms. The first-order valence-electron chi connectivity index (χ1n) is 6.35. The maximum absolute atomic E-state index is 10.9. The van der Waals surface area contributed by atoms with Gasteiger partial charge in [0.25, 0.3) is 0 Å². The number of hydrogen-bond donors (Lipinski definition) is 3. The second kappa shape index (κ2) is 6.43. The SMILES string of the molecule is CCN(CC(C)C(=O)O)C(C)c1ccc(O)cc1O. The van der Waals surface area contributed by atoms with Crippen molar-refractivity contribution >= 4 is 5.97 Å². The molecule has 0 aliphatic rings. The second-order valence-electron chi connectivity index (χ2n) is 4.75. The Bertz CT molecular complexity index is 447. The lowest BCUT2D eigenvalue weighted by Crippen LogP contribution is -2.33. The van der Waals surface area contributed by atoms with Gasteiger partial charge in [0.1, 0.15) is 11.5 Å². The molecule has 0 spiro atoms. The average Bonchev–Trinajstić information content (AvgIpc) is 2.34. The highest BCUT2D eigenvalue weighted by molar-refractivity contribution is 5.69. The standard InChI is InChI=1S/C14H21NO4/c1-4-15(8-9(2)14(18)19)10(3)12-6-5-11(16)7-13(12)17/h5-7,9-10,16-17H,4,8H2,1-3H3,(H,18,19). The molecule has 0 saturated heterocycles. The van der Waals surface area contributed by atoms with Crippen LogP contribution in [0.2, 0.25) is 0 Å². The highest BCUT2D eigenvalue weighted by atomic mass is 16.4. The third-order valence-electron chi connectivity index (χ3n) is 3.35. The normalized spacial score (nSPS) is 14.3. The Kier molecular flexibility index (Phi) is 5.18. The van der Waals surface area contributed by atoms with E-state index in [4.69, 9.17) is 5.11 Å². The van der Waals surface area contributed by atoms with E-state index in [0.29, 0.717) is 18.7 Å². The summed E-state index contributed by atoms with van der Waals surface area (Å²) in [7, 11) is 0. The Hall–Kier alpha value is -1.75. The summed E-state index contributed by atoms with van der Waals surface area (Å²) in [5, 5.41) is 28.1. The molecule has 1 aromatic rings. The number of phenols is 2. The van der Waals surface area contributed by atoms with Gasteiger partial charge in [-0.05, 0) is 19.5 Å². The molecule has 0 aliphatic heterocycles. The molecule has 0 heterocycles. The molecule has 0 fully saturated rings. The monoisotopic (exact) mass is 267 g/mol. The van der Waals surface area contributed by atoms with E-state index in [0.717, 1.165) is 0 Å². The zero-order valence-electron chi connectivity index (χ0n) is 11.5. The Morgan fingerprint density at radius 2 is 1.95 bits per heavy atom. The van der Waals surface area contributed by atoms with Crippen LogP contribution in [0, 0.1) is 5.92 Å². The molecule has 1 rings (SSSR count). The van der Waals surface area contributed by atoms with E-state index in [2.05, 4.69) is 0 Å². The predicted molar refractivity (Wildman–Crippen MR) is 72.2 cm³/mol. The average molecular weight is 267 g/mol. The first-order valence-corrected chi connectivity index (χ1v) is 6.35. The van der Waals surface area contributed by atoms with Crippen LogP contribution in [0.3, 0.4) is 0 Å². The van der Waals surface area contributed by atoms with Crippen molar-refractivity contribution in [3.05, 3.63) is 23.8 Å². The van der Waals surface area contributed by atoms with Crippen LogP contribution in [0.5, 0.6) is 11.5 Å². The van der Waals surface area contributed by atoms with Gasteiger partial charge in [-0.2, -0.15) is 0 Å². The lowest BCUT2D eigenvalue weighted by molar-refractivity contribution is -0.141. The van der Waals surface area contributed by atoms with Gasteiger partial charge in [-0.1, -0.05) is 19.9 Å². The van der Waals surface area contributed by atoms with Gasteiger partial charge < -0.3 is 15.3 Å². The van der Waals surface area contributed by atoms with Crippen molar-refractivity contribution in [2.24, 2.45) is 5.92 Å². The highest BCUT2D eigenvalue weighted by Gasteiger charge is 2.22. The van der Waals surface area contributed by atoms with E-state index in [1.54, 1.807) is 13.0 Å². The van der Waals surface area contributed by atoms with Gasteiger partial charge in [0, 0.05) is 24.2 Å². The first-order chi connectivity index (χ1) is 8.86. The fraction of sp³-hybridized carbons (Fsp3) is 0.500. The molecular weight excluding hydrogens is 246 g/mol. The van der Waals surface area contributed by atoms with Crippen molar-refractivity contribution in [3.8, 4) is 11.5 Å². The smallest absolute Gasteiger partial charge is 0.307 e. The van der Waals surface area contributed by atoms with E-state index < -0.39 is 11.9 Å². The number of benzene rings is 1. The topological polar surface area (TPSA) is 81.0 Å². The quantitative estimate of drug-likeness (QED) is 0.736. The molecule has 1 aromatic carbocycles. The number of nitrogens with zero attached hydrogens (tertiary/aromatic N) is 1. The van der Waals surface area contributed by atoms with E-state index in [1.807, 2.05) is 18.7 Å². The Balaban J connectivity index is 2.88. The molecule has 19 heavy (non-hydrogen) atoms. The minimum absolute atomic E-state index is 0.00963. The minimum Gasteiger partial charge on any atom is -0.508 e. The fourth-order valence-electron chi connectivity index (χ4n) is 2.07. The molecule has 0 amide bonds. The van der Waals surface area contributed by atoms with Crippen LogP contribution < -0.4 is 0 Å². The van der Waals surface area contributed by atoms with E-state index in [1.165, 1.54) is 12.1 Å². The van der Waals surface area contributed by atoms with Gasteiger partial charge in [-0.15, -0.1) is 0 Å². The number of rotatable bonds is 6. The third-order valence-corrected chi connectivity index (χ3v) is 3.35. The van der Waals surface area contributed by atoms with Gasteiger partial charge in [0.15, 0.2) is 0 Å². The van der Waals surface area contributed by atoms with Gasteiger partial charge in [0.05, 0.1) is 5.92 Å². The lowest BCUT2D eigenvalue weighted by atomic mass is 10.0. The molecule has 2 unspecified atom stereocenters. The van der Waals surface area contributed by atoms with Crippen LogP contribution in [0.4, 0.5) is 0 Å². The van der Waals surface area contributed by atoms with Gasteiger partial charge in [0.2, 0.25) is 0 Å². The van der Waals surface area contributed by atoms with E-state index in [-0.39, 0.29) is 17.5 Å². The Labute approximate surface area is 113 Å². The lowest BCUT2D eigenvalue weighted by Gasteiger charge is -2.30. The number of phenolic OH excluding ortho intramolecular Hbond substituents is 2. The summed E-state index contributed by atoms with van der Waals surface area (Å²) >= 11 is 0. The molecule has 3 N–H and O–H groups in total. The van der Waals surface area contributed by atoms with Gasteiger partial charge in [-0.25, -0.2) is 0 Å². The molecule has 106 valence electrons. The van der Waals surface area contributed by atoms with E-state index >= 15 is 0 Å². The molecule has 5 nitrogen and oxygen atoms in total. The summed E-state index contributed by atoms with van der Waals surface area (Å²) in [5.74, 6) is -1.27. The van der Waals surface area contributed by atoms with Crippen molar-refractivity contribution in [1.82, 2.24) is 4.90 Å². The molecule has 0 aromatic heterocycles. The predicted octanol–water partition coefficient (Wildman–Crippen LogP) is 2.20. The van der Waals surface area contributed by atoms with Crippen molar-refractivity contribution < 1.29 is 20.1 Å². The molecule has 0 radical (unpaired) electrons. The van der Waals surface area contributed by atoms with Crippen molar-refractivity contribution in [1.29, 1.82) is 0 Å². The van der Waals surface area contributed by atoms with Crippen LogP contribution in [0.1, 0.15) is 32.4 Å². The summed E-state index contributed by atoms with van der Waals surface area (Å²) < 4.78 is 0. The van der Waals surface area contributed by atoms with Crippen molar-refractivity contribution in [2.75, 3.05) is 13.1 Å². The molecule has 2 atom stereocenters. The number of aromatic hydroxyl groups is 2. The summed E-state index contributed by atoms with van der Waals surface area (Å²) in [5.41, 5.74) is 0.678. The highest BCUT2D eigenvalue weighted by Crippen LogP contribution is 2.31. The summed E-state index contributed by atoms with van der Waals surface area (Å²) in [4.78, 5) is 12.9. The molecular formula is C14H21NO4. The van der Waals surface area contributed by atoms with Crippen LogP contribution in [-0.4, -0.2) is 39.3 Å². The van der Waals surface area contributed by atoms with Gasteiger partial charge in [-0.3, -0.25) is 9.69 Å². The zero-order chi connectivity index (χ0) is 14.6. The largest absolute Gasteiger partial charge is 0.508 e. The summed E-state index contributed by atoms with van der Waals surface area (Å²) in [6, 6.07) is 4.34. The maximum Gasteiger partial charge on any atom is 0.307 e. The summed E-state index contributed by atoms with van der Waals surface area (Å²) in [6.45, 7) is 6.60. The molecule has 0 saturated carbocycles. The van der Waals surface area contributed by atoms with Crippen molar-refractivity contribution in [3.63, 3.8) is 0 Å². The number of hydrogen-bond acceptors (Lipinski definition) is 4. The number of carbonyl (C=O) groups is 1. The maximum atomic E-state index is 10.9. The zero-order valence-corrected chi connectivity index (χ0v) is 11.5. The Morgan fingerprint density at radius 3 is 2.42 bits per heavy atom. The molecule has 0 bridgehead atoms. The van der Waals surface area contributed by atoms with Crippen molar-refractivity contribution in [2.45, 2.75) is 26.8 Å².